The Morgan fingerprint density at radius 3 is 2.59 bits per heavy atom. The first kappa shape index (κ1) is 11.4. The topological polar surface area (TPSA) is 84.3 Å². The summed E-state index contributed by atoms with van der Waals surface area (Å²) in [7, 11) is 0. The maximum absolute atomic E-state index is 11.0. The molecule has 2 N–H and O–H groups in total. The third-order valence-corrected chi connectivity index (χ3v) is 2.61. The van der Waals surface area contributed by atoms with Crippen LogP contribution in [0.1, 0.15) is 13.3 Å². The Hall–Kier alpha value is -2.11. The van der Waals surface area contributed by atoms with Gasteiger partial charge in [-0.15, -0.1) is 0 Å². The Balaban J connectivity index is 2.06. The Morgan fingerprint density at radius 1 is 1.41 bits per heavy atom. The van der Waals surface area contributed by atoms with E-state index in [1.165, 1.54) is 6.92 Å². The summed E-state index contributed by atoms with van der Waals surface area (Å²) in [5.41, 5.74) is 1.37. The number of benzene rings is 1. The van der Waals surface area contributed by atoms with Crippen molar-refractivity contribution < 1.29 is 9.72 Å². The second kappa shape index (κ2) is 4.40. The summed E-state index contributed by atoms with van der Waals surface area (Å²) in [4.78, 5) is 21.2. The highest BCUT2D eigenvalue weighted by Gasteiger charge is 2.48. The van der Waals surface area contributed by atoms with Gasteiger partial charge in [0.2, 0.25) is 11.9 Å². The van der Waals surface area contributed by atoms with Gasteiger partial charge in [0.25, 0.3) is 0 Å². The van der Waals surface area contributed by atoms with Gasteiger partial charge in [0.1, 0.15) is 6.04 Å². The van der Waals surface area contributed by atoms with E-state index in [2.05, 4.69) is 10.6 Å². The molecular weight excluding hydrogens is 222 g/mol. The third-order valence-electron chi connectivity index (χ3n) is 2.61. The summed E-state index contributed by atoms with van der Waals surface area (Å²) in [6.45, 7) is 1.42. The molecule has 0 aliphatic heterocycles. The van der Waals surface area contributed by atoms with Crippen molar-refractivity contribution in [3.63, 3.8) is 0 Å². The van der Waals surface area contributed by atoms with Gasteiger partial charge in [-0.1, -0.05) is 12.1 Å². The number of para-hydroxylation sites is 2. The van der Waals surface area contributed by atoms with Crippen LogP contribution < -0.4 is 10.6 Å². The second-order valence-electron chi connectivity index (χ2n) is 4.07. The number of nitro groups is 1. The maximum atomic E-state index is 11.0. The monoisotopic (exact) mass is 235 g/mol. The number of amides is 1. The van der Waals surface area contributed by atoms with E-state index in [1.807, 2.05) is 6.07 Å². The molecule has 6 nitrogen and oxygen atoms in total. The molecule has 2 unspecified atom stereocenters. The minimum Gasteiger partial charge on any atom is -0.374 e. The van der Waals surface area contributed by atoms with E-state index in [0.717, 1.165) is 5.69 Å². The summed E-state index contributed by atoms with van der Waals surface area (Å²) in [5.74, 6) is -0.166. The number of carbonyl (C=O) groups excluding carboxylic acids is 1. The van der Waals surface area contributed by atoms with Gasteiger partial charge in [-0.3, -0.25) is 14.9 Å². The van der Waals surface area contributed by atoms with Gasteiger partial charge in [0.05, 0.1) is 11.4 Å². The minimum atomic E-state index is -0.514. The van der Waals surface area contributed by atoms with Crippen molar-refractivity contribution in [3.05, 3.63) is 34.4 Å². The van der Waals surface area contributed by atoms with Gasteiger partial charge in [-0.2, -0.15) is 0 Å². The molecule has 0 heterocycles. The molecule has 90 valence electrons. The van der Waals surface area contributed by atoms with Crippen LogP contribution in [0.2, 0.25) is 0 Å². The SMILES string of the molecule is CC(=O)Nc1ccccc1NC1CC1[N+](=O)[O-]. The van der Waals surface area contributed by atoms with E-state index in [1.54, 1.807) is 18.2 Å². The molecule has 2 rings (SSSR count). The van der Waals surface area contributed by atoms with Gasteiger partial charge in [-0.05, 0) is 12.1 Å². The first-order valence-corrected chi connectivity index (χ1v) is 5.34. The lowest BCUT2D eigenvalue weighted by atomic mass is 10.2. The summed E-state index contributed by atoms with van der Waals surface area (Å²) >= 11 is 0. The number of hydrogen-bond donors (Lipinski definition) is 2. The summed E-state index contributed by atoms with van der Waals surface area (Å²) in [6.07, 6.45) is 0.529. The standard InChI is InChI=1S/C11H13N3O3/c1-7(15)12-8-4-2-3-5-9(8)13-10-6-11(10)14(16)17/h2-5,10-11,13H,6H2,1H3,(H,12,15). The molecule has 17 heavy (non-hydrogen) atoms. The van der Waals surface area contributed by atoms with Crippen molar-refractivity contribution in [3.8, 4) is 0 Å². The molecule has 1 aliphatic rings. The average molecular weight is 235 g/mol. The highest BCUT2D eigenvalue weighted by atomic mass is 16.6. The van der Waals surface area contributed by atoms with Gasteiger partial charge in [0.15, 0.2) is 0 Å². The molecule has 1 aliphatic carbocycles. The molecule has 0 aromatic heterocycles. The number of nitrogens with one attached hydrogen (secondary N) is 2. The van der Waals surface area contributed by atoms with E-state index >= 15 is 0 Å². The van der Waals surface area contributed by atoms with Crippen LogP contribution in [0.3, 0.4) is 0 Å². The zero-order valence-electron chi connectivity index (χ0n) is 9.34. The highest BCUT2D eigenvalue weighted by Crippen LogP contribution is 2.31. The van der Waals surface area contributed by atoms with Crippen LogP contribution >= 0.6 is 0 Å². The molecule has 1 aromatic rings. The molecule has 1 aromatic carbocycles. The van der Waals surface area contributed by atoms with Crippen LogP contribution in [0.4, 0.5) is 11.4 Å². The van der Waals surface area contributed by atoms with Crippen LogP contribution in [0.25, 0.3) is 0 Å². The van der Waals surface area contributed by atoms with Crippen molar-refractivity contribution in [2.24, 2.45) is 0 Å². The van der Waals surface area contributed by atoms with Crippen LogP contribution in [-0.4, -0.2) is 22.9 Å². The van der Waals surface area contributed by atoms with Gasteiger partial charge < -0.3 is 10.6 Å². The fourth-order valence-corrected chi connectivity index (χ4v) is 1.68. The Bertz CT molecular complexity index is 461. The molecule has 1 fully saturated rings. The quantitative estimate of drug-likeness (QED) is 0.611. The van der Waals surface area contributed by atoms with Crippen molar-refractivity contribution >= 4 is 17.3 Å². The van der Waals surface area contributed by atoms with E-state index < -0.39 is 6.04 Å². The lowest BCUT2D eigenvalue weighted by Gasteiger charge is -2.10. The second-order valence-corrected chi connectivity index (χ2v) is 4.07. The third kappa shape index (κ3) is 2.72. The lowest BCUT2D eigenvalue weighted by molar-refractivity contribution is -0.495. The first-order valence-electron chi connectivity index (χ1n) is 5.34. The van der Waals surface area contributed by atoms with Crippen molar-refractivity contribution in [1.29, 1.82) is 0 Å². The number of carbonyl (C=O) groups is 1. The molecule has 0 saturated heterocycles. The van der Waals surface area contributed by atoms with Crippen molar-refractivity contribution in [2.75, 3.05) is 10.6 Å². The zero-order chi connectivity index (χ0) is 12.4. The summed E-state index contributed by atoms with van der Waals surface area (Å²) in [6, 6.07) is 6.51. The number of anilines is 2. The molecule has 6 heteroatoms. The van der Waals surface area contributed by atoms with Crippen molar-refractivity contribution in [2.45, 2.75) is 25.4 Å². The Kier molecular flexibility index (Phi) is 2.95. The normalized spacial score (nSPS) is 21.7. The highest BCUT2D eigenvalue weighted by molar-refractivity contribution is 5.92. The number of nitrogens with zero attached hydrogens (tertiary/aromatic N) is 1. The average Bonchev–Trinajstić information content (AvgIpc) is 2.99. The Labute approximate surface area is 98.2 Å². The molecule has 2 atom stereocenters. The van der Waals surface area contributed by atoms with E-state index in [0.29, 0.717) is 12.1 Å². The zero-order valence-corrected chi connectivity index (χ0v) is 9.34. The smallest absolute Gasteiger partial charge is 0.235 e. The van der Waals surface area contributed by atoms with Crippen LogP contribution in [0.5, 0.6) is 0 Å². The van der Waals surface area contributed by atoms with Gasteiger partial charge in [-0.25, -0.2) is 0 Å². The number of hydrogen-bond acceptors (Lipinski definition) is 4. The van der Waals surface area contributed by atoms with E-state index in [-0.39, 0.29) is 16.9 Å². The van der Waals surface area contributed by atoms with Crippen LogP contribution in [0.15, 0.2) is 24.3 Å². The fourth-order valence-electron chi connectivity index (χ4n) is 1.68. The predicted octanol–water partition coefficient (Wildman–Crippen LogP) is 1.47. The molecule has 0 bridgehead atoms. The van der Waals surface area contributed by atoms with Crippen LogP contribution in [0, 0.1) is 10.1 Å². The lowest BCUT2D eigenvalue weighted by Crippen LogP contribution is -2.15. The number of rotatable bonds is 4. The molecular formula is C11H13N3O3. The minimum absolute atomic E-state index is 0.139. The van der Waals surface area contributed by atoms with E-state index in [9.17, 15) is 14.9 Å². The molecule has 0 radical (unpaired) electrons. The molecule has 1 amide bonds. The van der Waals surface area contributed by atoms with Gasteiger partial charge in [0, 0.05) is 18.3 Å². The fraction of sp³-hybridized carbons (Fsp3) is 0.364. The van der Waals surface area contributed by atoms with Crippen molar-refractivity contribution in [1.82, 2.24) is 0 Å². The first-order chi connectivity index (χ1) is 8.08. The van der Waals surface area contributed by atoms with E-state index in [4.69, 9.17) is 0 Å². The molecule has 1 saturated carbocycles. The largest absolute Gasteiger partial charge is 0.374 e. The van der Waals surface area contributed by atoms with Crippen LogP contribution in [-0.2, 0) is 4.79 Å². The summed E-state index contributed by atoms with van der Waals surface area (Å²) < 4.78 is 0. The Morgan fingerprint density at radius 2 is 2.06 bits per heavy atom. The maximum Gasteiger partial charge on any atom is 0.235 e. The summed E-state index contributed by atoms with van der Waals surface area (Å²) in [5, 5.41) is 16.3. The molecule has 0 spiro atoms. The predicted molar refractivity (Wildman–Crippen MR) is 63.6 cm³/mol. The van der Waals surface area contributed by atoms with Gasteiger partial charge >= 0.3 is 0 Å².